The molecule has 0 bridgehead atoms. The molecule has 7 heteroatoms. The van der Waals surface area contributed by atoms with Crippen LogP contribution in [0.5, 0.6) is 5.75 Å². The van der Waals surface area contributed by atoms with E-state index in [1.54, 1.807) is 29.2 Å². The van der Waals surface area contributed by atoms with Crippen LogP contribution in [-0.4, -0.2) is 20.8 Å². The van der Waals surface area contributed by atoms with Crippen LogP contribution in [0.1, 0.15) is 49.9 Å². The first-order chi connectivity index (χ1) is 21.4. The fourth-order valence-electron chi connectivity index (χ4n) is 5.22. The molecule has 5 rings (SSSR count). The second-order valence-electron chi connectivity index (χ2n) is 13.1. The minimum atomic E-state index is -2.07. The van der Waals surface area contributed by atoms with Crippen molar-refractivity contribution in [3.63, 3.8) is 0 Å². The summed E-state index contributed by atoms with van der Waals surface area (Å²) < 4.78 is 40.2. The average molecular weight is 626 g/mol. The first-order valence-electron chi connectivity index (χ1n) is 15.4. The molecule has 0 saturated carbocycles. The van der Waals surface area contributed by atoms with Gasteiger partial charge in [-0.05, 0) is 95.3 Å². The van der Waals surface area contributed by atoms with Crippen molar-refractivity contribution in [3.8, 4) is 5.75 Å². The summed E-state index contributed by atoms with van der Waals surface area (Å²) in [5.41, 5.74) is 4.49. The number of nitrogens with zero attached hydrogens (tertiary/aromatic N) is 1. The summed E-state index contributed by atoms with van der Waals surface area (Å²) in [5, 5.41) is 0.0303. The molecule has 1 aliphatic rings. The van der Waals surface area contributed by atoms with E-state index in [0.717, 1.165) is 28.0 Å². The number of benzene rings is 4. The molecule has 0 aromatic heterocycles. The molecule has 2 atom stereocenters. The Balaban J connectivity index is 1.41. The number of hydrogen-bond donors (Lipinski definition) is 0. The van der Waals surface area contributed by atoms with Crippen LogP contribution in [0.3, 0.4) is 0 Å². The molecule has 1 amide bonds. The predicted molar refractivity (Wildman–Crippen MR) is 179 cm³/mol. The standard InChI is InChI=1S/C38H41F2NO3Si/c1-38(2,3)45(4,5)44-26-30(28-11-16-31(39)17-12-28)15-24-35-36(41(37(35)42)33-20-18-32(40)19-21-33)29-13-22-34(23-14-29)43-25-27-9-7-6-8-10-27/h6-23,35-36H,24-26H2,1-5H3/b30-15+/t35-,36-/m1/s1. The van der Waals surface area contributed by atoms with Crippen molar-refractivity contribution in [1.82, 2.24) is 0 Å². The van der Waals surface area contributed by atoms with Crippen LogP contribution in [0.2, 0.25) is 18.1 Å². The summed E-state index contributed by atoms with van der Waals surface area (Å²) in [4.78, 5) is 15.4. The van der Waals surface area contributed by atoms with Crippen molar-refractivity contribution in [2.45, 2.75) is 58.0 Å². The van der Waals surface area contributed by atoms with Gasteiger partial charge in [0.05, 0.1) is 18.6 Å². The van der Waals surface area contributed by atoms with Crippen molar-refractivity contribution in [2.75, 3.05) is 11.5 Å². The topological polar surface area (TPSA) is 38.8 Å². The second kappa shape index (κ2) is 13.5. The van der Waals surface area contributed by atoms with E-state index >= 15 is 0 Å². The summed E-state index contributed by atoms with van der Waals surface area (Å²) in [6.45, 7) is 11.8. The maximum Gasteiger partial charge on any atom is 0.233 e. The molecule has 0 radical (unpaired) electrons. The molecule has 1 aliphatic heterocycles. The van der Waals surface area contributed by atoms with E-state index in [1.807, 2.05) is 54.6 Å². The minimum absolute atomic E-state index is 0.0303. The number of amides is 1. The molecular formula is C38H41F2NO3Si. The molecular weight excluding hydrogens is 585 g/mol. The largest absolute Gasteiger partial charge is 0.489 e. The number of β-lactam (4-membered cyclic amide) rings is 1. The van der Waals surface area contributed by atoms with E-state index < -0.39 is 8.32 Å². The number of ether oxygens (including phenoxy) is 1. The monoisotopic (exact) mass is 625 g/mol. The van der Waals surface area contributed by atoms with Crippen molar-refractivity contribution >= 4 is 25.5 Å². The highest BCUT2D eigenvalue weighted by Crippen LogP contribution is 2.46. The van der Waals surface area contributed by atoms with Gasteiger partial charge in [0.15, 0.2) is 8.32 Å². The third-order valence-corrected chi connectivity index (χ3v) is 13.5. The van der Waals surface area contributed by atoms with Gasteiger partial charge in [-0.3, -0.25) is 4.79 Å². The van der Waals surface area contributed by atoms with Crippen molar-refractivity contribution < 1.29 is 22.7 Å². The molecule has 4 aromatic rings. The molecule has 234 valence electrons. The van der Waals surface area contributed by atoms with E-state index in [0.29, 0.717) is 25.3 Å². The third kappa shape index (κ3) is 7.60. The third-order valence-electron chi connectivity index (χ3n) is 9.02. The average Bonchev–Trinajstić information content (AvgIpc) is 3.02. The molecule has 1 heterocycles. The number of anilines is 1. The SMILES string of the molecule is CC(C)(C)[Si](C)(C)OC/C(=C\C[C@H]1C(=O)N(c2ccc(F)cc2)[C@@H]1c1ccc(OCc2ccccc2)cc1)c1ccc(F)cc1. The van der Waals surface area contributed by atoms with Crippen LogP contribution < -0.4 is 9.64 Å². The van der Waals surface area contributed by atoms with Crippen LogP contribution in [0.15, 0.2) is 109 Å². The molecule has 1 saturated heterocycles. The lowest BCUT2D eigenvalue weighted by atomic mass is 9.79. The number of carbonyl (C=O) groups excluding carboxylic acids is 1. The van der Waals surface area contributed by atoms with Crippen LogP contribution in [0.25, 0.3) is 5.57 Å². The molecule has 4 aromatic carbocycles. The van der Waals surface area contributed by atoms with Crippen LogP contribution in [-0.2, 0) is 15.8 Å². The quantitative estimate of drug-likeness (QED) is 0.123. The molecule has 45 heavy (non-hydrogen) atoms. The molecule has 0 spiro atoms. The number of carbonyl (C=O) groups is 1. The lowest BCUT2D eigenvalue weighted by Gasteiger charge is -2.47. The lowest BCUT2D eigenvalue weighted by Crippen LogP contribution is -2.55. The van der Waals surface area contributed by atoms with Gasteiger partial charge >= 0.3 is 0 Å². The van der Waals surface area contributed by atoms with Crippen LogP contribution in [0.4, 0.5) is 14.5 Å². The van der Waals surface area contributed by atoms with Crippen molar-refractivity contribution in [3.05, 3.63) is 138 Å². The maximum atomic E-state index is 13.8. The smallest absolute Gasteiger partial charge is 0.233 e. The Morgan fingerprint density at radius 2 is 1.44 bits per heavy atom. The Hall–Kier alpha value is -4.07. The predicted octanol–water partition coefficient (Wildman–Crippen LogP) is 9.74. The Morgan fingerprint density at radius 1 is 0.844 bits per heavy atom. The number of rotatable bonds is 11. The molecule has 0 unspecified atom stereocenters. The van der Waals surface area contributed by atoms with Gasteiger partial charge in [-0.15, -0.1) is 0 Å². The summed E-state index contributed by atoms with van der Waals surface area (Å²) in [6, 6.07) is 30.0. The van der Waals surface area contributed by atoms with Crippen LogP contribution in [0, 0.1) is 17.6 Å². The number of halogens is 2. The summed E-state index contributed by atoms with van der Waals surface area (Å²) >= 11 is 0. The zero-order valence-electron chi connectivity index (χ0n) is 26.6. The van der Waals surface area contributed by atoms with E-state index in [1.165, 1.54) is 24.3 Å². The second-order valence-corrected chi connectivity index (χ2v) is 17.9. The van der Waals surface area contributed by atoms with E-state index in [2.05, 4.69) is 39.9 Å². The summed E-state index contributed by atoms with van der Waals surface area (Å²) in [7, 11) is -2.07. The Morgan fingerprint density at radius 3 is 2.04 bits per heavy atom. The van der Waals surface area contributed by atoms with Gasteiger partial charge in [0, 0.05) is 5.69 Å². The summed E-state index contributed by atoms with van der Waals surface area (Å²) in [5.74, 6) is -0.290. The first kappa shape index (κ1) is 32.3. The van der Waals surface area contributed by atoms with E-state index in [-0.39, 0.29) is 34.5 Å². The van der Waals surface area contributed by atoms with E-state index in [9.17, 15) is 13.6 Å². The number of allylic oxidation sites excluding steroid dienone is 1. The van der Waals surface area contributed by atoms with Gasteiger partial charge in [-0.2, -0.15) is 0 Å². The molecule has 4 nitrogen and oxygen atoms in total. The van der Waals surface area contributed by atoms with Crippen LogP contribution >= 0.6 is 0 Å². The molecule has 0 aliphatic carbocycles. The fourth-order valence-corrected chi connectivity index (χ4v) is 6.17. The van der Waals surface area contributed by atoms with E-state index in [4.69, 9.17) is 9.16 Å². The highest BCUT2D eigenvalue weighted by molar-refractivity contribution is 6.74. The maximum absolute atomic E-state index is 13.8. The molecule has 0 N–H and O–H groups in total. The highest BCUT2D eigenvalue weighted by Gasteiger charge is 2.48. The van der Waals surface area contributed by atoms with Gasteiger partial charge in [-0.1, -0.05) is 81.4 Å². The van der Waals surface area contributed by atoms with Gasteiger partial charge in [0.25, 0.3) is 0 Å². The Labute approximate surface area is 266 Å². The lowest BCUT2D eigenvalue weighted by molar-refractivity contribution is -0.130. The zero-order valence-corrected chi connectivity index (χ0v) is 27.6. The highest BCUT2D eigenvalue weighted by atomic mass is 28.4. The molecule has 1 fully saturated rings. The zero-order chi connectivity index (χ0) is 32.2. The number of hydrogen-bond acceptors (Lipinski definition) is 3. The first-order valence-corrected chi connectivity index (χ1v) is 18.3. The van der Waals surface area contributed by atoms with Gasteiger partial charge in [-0.25, -0.2) is 8.78 Å². The van der Waals surface area contributed by atoms with Gasteiger partial charge in [0.2, 0.25) is 5.91 Å². The van der Waals surface area contributed by atoms with Crippen molar-refractivity contribution in [2.24, 2.45) is 5.92 Å². The fraction of sp³-hybridized carbons (Fsp3) is 0.289. The Kier molecular flexibility index (Phi) is 9.70. The minimum Gasteiger partial charge on any atom is -0.489 e. The summed E-state index contributed by atoms with van der Waals surface area (Å²) in [6.07, 6.45) is 2.54. The van der Waals surface area contributed by atoms with Crippen molar-refractivity contribution in [1.29, 1.82) is 0 Å². The van der Waals surface area contributed by atoms with Gasteiger partial charge < -0.3 is 14.1 Å². The Bertz CT molecular complexity index is 1610. The normalized spacial score (nSPS) is 17.3. The van der Waals surface area contributed by atoms with Gasteiger partial charge in [0.1, 0.15) is 24.0 Å².